The van der Waals surface area contributed by atoms with E-state index in [1.54, 1.807) is 6.92 Å². The maximum Gasteiger partial charge on any atom is 0.335 e. The van der Waals surface area contributed by atoms with Crippen LogP contribution in [0, 0.1) is 11.3 Å². The van der Waals surface area contributed by atoms with Crippen molar-refractivity contribution in [3.05, 3.63) is 59.2 Å². The van der Waals surface area contributed by atoms with E-state index in [1.807, 2.05) is 6.92 Å². The lowest BCUT2D eigenvalue weighted by atomic mass is 9.73. The summed E-state index contributed by atoms with van der Waals surface area (Å²) >= 11 is 0. The predicted molar refractivity (Wildman–Crippen MR) is 159 cm³/mol. The monoisotopic (exact) mass is 540 g/mol. The minimum atomic E-state index is -0.607. The zero-order valence-corrected chi connectivity index (χ0v) is 25.0. The van der Waals surface area contributed by atoms with E-state index in [0.717, 1.165) is 19.3 Å². The van der Waals surface area contributed by atoms with Gasteiger partial charge in [-0.15, -0.1) is 0 Å². The topological polar surface area (TPSA) is 72.8 Å². The highest BCUT2D eigenvalue weighted by Gasteiger charge is 2.34. The van der Waals surface area contributed by atoms with Gasteiger partial charge >= 0.3 is 11.9 Å². The summed E-state index contributed by atoms with van der Waals surface area (Å²) in [7, 11) is 0. The van der Waals surface area contributed by atoms with Gasteiger partial charge in [0, 0.05) is 11.0 Å². The van der Waals surface area contributed by atoms with Gasteiger partial charge in [0.05, 0.1) is 12.2 Å². The summed E-state index contributed by atoms with van der Waals surface area (Å²) in [5.41, 5.74) is 4.43. The largest absolute Gasteiger partial charge is 0.462 e. The lowest BCUT2D eigenvalue weighted by Gasteiger charge is -2.35. The first kappa shape index (κ1) is 32.8. The molecule has 1 atom stereocenters. The smallest absolute Gasteiger partial charge is 0.335 e. The molecule has 1 aliphatic carbocycles. The van der Waals surface area contributed by atoms with Crippen molar-refractivity contribution >= 4 is 11.9 Å². The Balaban J connectivity index is 1.99. The SMILES string of the molecule is C=C(C)C(=O)OCC(CC)(CCC1CCC(c2ccc(CCCCC)c(CC)c2)CC1)COC(=O)C(=C)CO. The van der Waals surface area contributed by atoms with Crippen LogP contribution >= 0.6 is 0 Å². The Morgan fingerprint density at radius 3 is 2.21 bits per heavy atom. The molecule has 0 aliphatic heterocycles. The normalized spacial score (nSPS) is 18.7. The number of hydrogen-bond acceptors (Lipinski definition) is 5. The van der Waals surface area contributed by atoms with E-state index in [9.17, 15) is 14.7 Å². The van der Waals surface area contributed by atoms with Crippen LogP contribution in [-0.4, -0.2) is 36.9 Å². The van der Waals surface area contributed by atoms with Crippen molar-refractivity contribution in [2.45, 2.75) is 111 Å². The molecule has 5 heteroatoms. The Morgan fingerprint density at radius 2 is 1.64 bits per heavy atom. The average Bonchev–Trinajstić information content (AvgIpc) is 2.96. The second-order valence-electron chi connectivity index (χ2n) is 11.6. The van der Waals surface area contributed by atoms with E-state index in [4.69, 9.17) is 9.47 Å². The van der Waals surface area contributed by atoms with Crippen LogP contribution in [0.4, 0.5) is 0 Å². The number of carbonyl (C=O) groups is 2. The van der Waals surface area contributed by atoms with Crippen LogP contribution in [0.2, 0.25) is 0 Å². The summed E-state index contributed by atoms with van der Waals surface area (Å²) < 4.78 is 11.1. The lowest BCUT2D eigenvalue weighted by Crippen LogP contribution is -2.35. The molecule has 2 rings (SSSR count). The van der Waals surface area contributed by atoms with Gasteiger partial charge in [-0.1, -0.05) is 65.0 Å². The number of hydrogen-bond donors (Lipinski definition) is 1. The fourth-order valence-electron chi connectivity index (χ4n) is 5.63. The highest BCUT2D eigenvalue weighted by molar-refractivity contribution is 5.88. The lowest BCUT2D eigenvalue weighted by molar-refractivity contribution is -0.150. The molecule has 39 heavy (non-hydrogen) atoms. The summed E-state index contributed by atoms with van der Waals surface area (Å²) in [5, 5.41) is 9.21. The van der Waals surface area contributed by atoms with E-state index in [2.05, 4.69) is 45.2 Å². The molecule has 0 radical (unpaired) electrons. The molecule has 1 fully saturated rings. The summed E-state index contributed by atoms with van der Waals surface area (Å²) in [6, 6.07) is 7.22. The van der Waals surface area contributed by atoms with Crippen molar-refractivity contribution in [2.75, 3.05) is 19.8 Å². The summed E-state index contributed by atoms with van der Waals surface area (Å²) in [4.78, 5) is 24.3. The third-order valence-electron chi connectivity index (χ3n) is 8.66. The van der Waals surface area contributed by atoms with E-state index < -0.39 is 24.0 Å². The fourth-order valence-corrected chi connectivity index (χ4v) is 5.63. The summed E-state index contributed by atoms with van der Waals surface area (Å²) in [6.45, 7) is 15.3. The van der Waals surface area contributed by atoms with Crippen molar-refractivity contribution in [3.63, 3.8) is 0 Å². The zero-order chi connectivity index (χ0) is 28.8. The molecule has 0 heterocycles. The highest BCUT2D eigenvalue weighted by Crippen LogP contribution is 2.41. The third kappa shape index (κ3) is 10.3. The predicted octanol–water partition coefficient (Wildman–Crippen LogP) is 7.64. The molecular formula is C34H52O5. The molecule has 218 valence electrons. The first-order valence-corrected chi connectivity index (χ1v) is 15.1. The standard InChI is InChI=1S/C34H52O5/c1-7-10-11-12-29-17-18-31(21-28(29)8-2)30-15-13-27(14-16-30)19-20-34(9-3,23-38-32(36)25(4)5)24-39-33(37)26(6)22-35/h17-18,21,27,30,35H,4,6-16,19-20,22-24H2,1-3,5H3. The molecule has 0 saturated heterocycles. The number of ether oxygens (including phenoxy) is 2. The minimum Gasteiger partial charge on any atom is -0.462 e. The van der Waals surface area contributed by atoms with Crippen LogP contribution in [0.1, 0.15) is 115 Å². The van der Waals surface area contributed by atoms with Crippen molar-refractivity contribution < 1.29 is 24.2 Å². The van der Waals surface area contributed by atoms with Gasteiger partial charge in [0.15, 0.2) is 0 Å². The zero-order valence-electron chi connectivity index (χ0n) is 25.0. The maximum absolute atomic E-state index is 12.2. The molecule has 0 amide bonds. The van der Waals surface area contributed by atoms with Gasteiger partial charge in [0.1, 0.15) is 13.2 Å². The van der Waals surface area contributed by atoms with E-state index in [0.29, 0.717) is 23.8 Å². The molecule has 1 N–H and O–H groups in total. The van der Waals surface area contributed by atoms with Crippen molar-refractivity contribution in [3.8, 4) is 0 Å². The molecule has 1 saturated carbocycles. The molecule has 1 aliphatic rings. The van der Waals surface area contributed by atoms with Crippen molar-refractivity contribution in [2.24, 2.45) is 11.3 Å². The molecule has 0 aromatic heterocycles. The van der Waals surface area contributed by atoms with Gasteiger partial charge in [-0.05, 0) is 99.7 Å². The Kier molecular flexibility index (Phi) is 14.0. The van der Waals surface area contributed by atoms with Crippen LogP contribution in [0.3, 0.4) is 0 Å². The Hall–Kier alpha value is -2.40. The van der Waals surface area contributed by atoms with E-state index in [1.165, 1.54) is 68.1 Å². The first-order chi connectivity index (χ1) is 18.7. The van der Waals surface area contributed by atoms with Crippen LogP contribution < -0.4 is 0 Å². The Labute approximate surface area is 237 Å². The second kappa shape index (κ2) is 16.6. The maximum atomic E-state index is 12.2. The van der Waals surface area contributed by atoms with Crippen LogP contribution in [0.25, 0.3) is 0 Å². The number of unbranched alkanes of at least 4 members (excludes halogenated alkanes) is 2. The third-order valence-corrected chi connectivity index (χ3v) is 8.66. The van der Waals surface area contributed by atoms with Crippen LogP contribution in [0.5, 0.6) is 0 Å². The van der Waals surface area contributed by atoms with Crippen LogP contribution in [-0.2, 0) is 31.9 Å². The molecular weight excluding hydrogens is 488 g/mol. The molecule has 0 spiro atoms. The number of aryl methyl sites for hydroxylation is 2. The number of esters is 2. The van der Waals surface area contributed by atoms with Gasteiger partial charge in [-0.2, -0.15) is 0 Å². The summed E-state index contributed by atoms with van der Waals surface area (Å²) in [5.74, 6) is 0.187. The number of benzene rings is 1. The van der Waals surface area contributed by atoms with Gasteiger partial charge in [0.2, 0.25) is 0 Å². The molecule has 1 unspecified atom stereocenters. The average molecular weight is 541 g/mol. The van der Waals surface area contributed by atoms with Gasteiger partial charge in [-0.25, -0.2) is 9.59 Å². The highest BCUT2D eigenvalue weighted by atomic mass is 16.5. The number of aliphatic hydroxyl groups is 1. The number of aliphatic hydroxyl groups excluding tert-OH is 1. The van der Waals surface area contributed by atoms with Crippen LogP contribution in [0.15, 0.2) is 42.5 Å². The van der Waals surface area contributed by atoms with Crippen molar-refractivity contribution in [1.82, 2.24) is 0 Å². The number of carbonyl (C=O) groups excluding carboxylic acids is 2. The fraction of sp³-hybridized carbons (Fsp3) is 0.647. The first-order valence-electron chi connectivity index (χ1n) is 15.1. The minimum absolute atomic E-state index is 0.0254. The Morgan fingerprint density at radius 1 is 0.974 bits per heavy atom. The molecule has 0 bridgehead atoms. The number of rotatable bonds is 17. The summed E-state index contributed by atoms with van der Waals surface area (Å²) in [6.07, 6.45) is 13.4. The quantitative estimate of drug-likeness (QED) is 0.125. The van der Waals surface area contributed by atoms with E-state index in [-0.39, 0.29) is 18.8 Å². The second-order valence-corrected chi connectivity index (χ2v) is 11.6. The van der Waals surface area contributed by atoms with Gasteiger partial charge in [-0.3, -0.25) is 0 Å². The van der Waals surface area contributed by atoms with Crippen molar-refractivity contribution in [1.29, 1.82) is 0 Å². The van der Waals surface area contributed by atoms with Gasteiger partial charge in [0.25, 0.3) is 0 Å². The molecule has 1 aromatic rings. The van der Waals surface area contributed by atoms with Gasteiger partial charge < -0.3 is 14.6 Å². The Bertz CT molecular complexity index is 956. The molecule has 5 nitrogen and oxygen atoms in total. The molecule has 1 aromatic carbocycles. The van der Waals surface area contributed by atoms with E-state index >= 15 is 0 Å².